The number of fused-ring (bicyclic) bond motifs is 5. The number of benzene rings is 2. The van der Waals surface area contributed by atoms with Crippen molar-refractivity contribution in [1.29, 1.82) is 0 Å². The molecule has 2 fully saturated rings. The Balaban J connectivity index is 1.63. The average Bonchev–Trinajstić information content (AvgIpc) is 3.32. The van der Waals surface area contributed by atoms with Crippen LogP contribution in [-0.2, 0) is 20.4 Å². The van der Waals surface area contributed by atoms with Gasteiger partial charge in [0.25, 0.3) is 0 Å². The van der Waals surface area contributed by atoms with E-state index in [0.717, 1.165) is 0 Å². The molecule has 4 heteroatoms. The predicted molar refractivity (Wildman–Crippen MR) is 142 cm³/mol. The topological polar surface area (TPSA) is 37.4 Å². The summed E-state index contributed by atoms with van der Waals surface area (Å²) in [6.45, 7) is 18.1. The number of imide groups is 1. The number of para-hydroxylation sites is 1. The van der Waals surface area contributed by atoms with Crippen LogP contribution in [0.3, 0.4) is 0 Å². The van der Waals surface area contributed by atoms with Crippen LogP contribution in [0.5, 0.6) is 0 Å². The number of anilines is 1. The number of nitrogens with zero attached hydrogens (tertiary/aromatic N) is 1. The van der Waals surface area contributed by atoms with Crippen molar-refractivity contribution in [3.05, 3.63) is 70.8 Å². The van der Waals surface area contributed by atoms with Gasteiger partial charge in [0.1, 0.15) is 0 Å². The second-order valence-corrected chi connectivity index (χ2v) is 14.8. The van der Waals surface area contributed by atoms with Crippen LogP contribution in [0.25, 0.3) is 0 Å². The Morgan fingerprint density at radius 2 is 1.44 bits per heavy atom. The van der Waals surface area contributed by atoms with Crippen molar-refractivity contribution < 1.29 is 9.59 Å². The summed E-state index contributed by atoms with van der Waals surface area (Å²) in [5.74, 6) is -0.480. The molecule has 0 N–H and O–H groups in total. The van der Waals surface area contributed by atoms with Crippen molar-refractivity contribution in [3.63, 3.8) is 0 Å². The van der Waals surface area contributed by atoms with Gasteiger partial charge in [-0.15, -0.1) is 0 Å². The minimum Gasteiger partial charge on any atom is -0.274 e. The maximum Gasteiger partial charge on any atom is 0.238 e. The number of carbonyl (C=O) groups excluding carboxylic acids is 2. The van der Waals surface area contributed by atoms with Gasteiger partial charge in [-0.3, -0.25) is 9.59 Å². The van der Waals surface area contributed by atoms with E-state index in [-0.39, 0.29) is 45.8 Å². The quantitative estimate of drug-likeness (QED) is 0.295. The minimum absolute atomic E-state index is 0.00470. The van der Waals surface area contributed by atoms with E-state index in [9.17, 15) is 9.59 Å². The Hall–Kier alpha value is -2.25. The fourth-order valence-electron chi connectivity index (χ4n) is 6.24. The van der Waals surface area contributed by atoms with Crippen LogP contribution in [-0.4, -0.2) is 23.1 Å². The zero-order chi connectivity index (χ0) is 24.7. The number of rotatable bonds is 2. The number of amides is 2. The van der Waals surface area contributed by atoms with Gasteiger partial charge in [0.15, 0.2) is 0 Å². The van der Waals surface area contributed by atoms with Crippen LogP contribution in [0.4, 0.5) is 5.69 Å². The fourth-order valence-corrected chi connectivity index (χ4v) is 10.6. The van der Waals surface area contributed by atoms with Crippen LogP contribution < -0.4 is 10.2 Å². The average molecular weight is 474 g/mol. The lowest BCUT2D eigenvalue weighted by atomic mass is 9.79. The highest BCUT2D eigenvalue weighted by atomic mass is 31.1. The summed E-state index contributed by atoms with van der Waals surface area (Å²) in [6.07, 6.45) is 2.33. The summed E-state index contributed by atoms with van der Waals surface area (Å²) < 4.78 is 0. The molecule has 178 valence electrons. The zero-order valence-electron chi connectivity index (χ0n) is 21.6. The van der Waals surface area contributed by atoms with E-state index in [0.29, 0.717) is 5.69 Å². The molecule has 2 saturated heterocycles. The first-order valence-corrected chi connectivity index (χ1v) is 13.9. The van der Waals surface area contributed by atoms with Gasteiger partial charge < -0.3 is 0 Å². The van der Waals surface area contributed by atoms with Crippen molar-refractivity contribution in [2.75, 3.05) is 4.90 Å². The Morgan fingerprint density at radius 1 is 0.824 bits per heavy atom. The van der Waals surface area contributed by atoms with E-state index in [2.05, 4.69) is 73.6 Å². The molecule has 5 atom stereocenters. The van der Waals surface area contributed by atoms with Crippen molar-refractivity contribution in [3.8, 4) is 0 Å². The normalized spacial score (nSPS) is 28.5. The minimum atomic E-state index is -0.680. The Bertz CT molecular complexity index is 1210. The molecule has 1 unspecified atom stereocenters. The van der Waals surface area contributed by atoms with Gasteiger partial charge in [0.05, 0.1) is 17.5 Å². The molecule has 3 heterocycles. The van der Waals surface area contributed by atoms with E-state index < -0.39 is 7.92 Å². The van der Waals surface area contributed by atoms with Gasteiger partial charge in [-0.2, -0.15) is 0 Å². The summed E-state index contributed by atoms with van der Waals surface area (Å²) >= 11 is 0. The molecule has 2 amide bonds. The van der Waals surface area contributed by atoms with E-state index >= 15 is 0 Å². The van der Waals surface area contributed by atoms with Gasteiger partial charge in [0.2, 0.25) is 11.8 Å². The SMILES string of the molecule is CC1=C[C@H]2[C@H]3C(=O)N(c4ccccc4)C(=O)[C@H]3[C@@H]1P2c1c(C)cc(C(C)(C)C)cc1C(C)(C)C. The van der Waals surface area contributed by atoms with Crippen LogP contribution >= 0.6 is 7.92 Å². The molecule has 3 aliphatic heterocycles. The first-order chi connectivity index (χ1) is 15.8. The highest BCUT2D eigenvalue weighted by Gasteiger charge is 2.65. The summed E-state index contributed by atoms with van der Waals surface area (Å²) in [5, 5.41) is 1.43. The summed E-state index contributed by atoms with van der Waals surface area (Å²) in [5.41, 5.74) is 6.40. The molecule has 34 heavy (non-hydrogen) atoms. The van der Waals surface area contributed by atoms with Gasteiger partial charge in [-0.1, -0.05) is 91.4 Å². The molecule has 0 radical (unpaired) electrons. The van der Waals surface area contributed by atoms with Gasteiger partial charge in [0, 0.05) is 11.3 Å². The Labute approximate surface area is 205 Å². The molecule has 0 spiro atoms. The zero-order valence-corrected chi connectivity index (χ0v) is 22.5. The van der Waals surface area contributed by atoms with Crippen molar-refractivity contribution in [1.82, 2.24) is 0 Å². The molecule has 0 saturated carbocycles. The van der Waals surface area contributed by atoms with Crippen LogP contribution in [0.2, 0.25) is 0 Å². The number of hydrogen-bond acceptors (Lipinski definition) is 2. The lowest BCUT2D eigenvalue weighted by molar-refractivity contribution is -0.122. The molecule has 3 aliphatic rings. The Morgan fingerprint density at radius 3 is 2.03 bits per heavy atom. The highest BCUT2D eigenvalue weighted by molar-refractivity contribution is 7.68. The molecular weight excluding hydrogens is 437 g/mol. The molecule has 0 aliphatic carbocycles. The van der Waals surface area contributed by atoms with Crippen LogP contribution in [0.1, 0.15) is 65.2 Å². The van der Waals surface area contributed by atoms with E-state index in [1.807, 2.05) is 30.3 Å². The third-order valence-electron chi connectivity index (χ3n) is 7.87. The second-order valence-electron chi connectivity index (χ2n) is 12.3. The third kappa shape index (κ3) is 3.34. The monoisotopic (exact) mass is 473 g/mol. The van der Waals surface area contributed by atoms with Crippen molar-refractivity contribution in [2.45, 2.75) is 77.5 Å². The highest BCUT2D eigenvalue weighted by Crippen LogP contribution is 2.69. The molecule has 0 aromatic heterocycles. The van der Waals surface area contributed by atoms with E-state index in [4.69, 9.17) is 0 Å². The van der Waals surface area contributed by atoms with Crippen LogP contribution in [0, 0.1) is 18.8 Å². The smallest absolute Gasteiger partial charge is 0.238 e. The number of allylic oxidation sites excluding steroid dienone is 2. The first-order valence-electron chi connectivity index (χ1n) is 12.4. The van der Waals surface area contributed by atoms with E-state index in [1.165, 1.54) is 32.5 Å². The standard InChI is InChI=1S/C30H36NO2P/c1-17-14-19(29(3,4)5)16-21(30(6,7)8)25(17)34-22-15-18(2)26(34)24-23(22)27(32)31(28(24)33)20-12-10-9-11-13-20/h9-16,22-24,26H,1-8H3/t22-,23+,24+,26+,34?/m0/s1. The van der Waals surface area contributed by atoms with Crippen LogP contribution in [0.15, 0.2) is 54.1 Å². The molecule has 2 aromatic carbocycles. The number of hydrogen-bond donors (Lipinski definition) is 0. The second kappa shape index (κ2) is 7.62. The first kappa shape index (κ1) is 23.5. The molecule has 2 bridgehead atoms. The number of carbonyl (C=O) groups is 2. The number of aryl methyl sites for hydroxylation is 1. The lowest BCUT2D eigenvalue weighted by Gasteiger charge is -2.34. The van der Waals surface area contributed by atoms with Gasteiger partial charge >= 0.3 is 0 Å². The summed E-state index contributed by atoms with van der Waals surface area (Å²) in [4.78, 5) is 28.9. The van der Waals surface area contributed by atoms with E-state index in [1.54, 1.807) is 0 Å². The molecule has 3 nitrogen and oxygen atoms in total. The lowest BCUT2D eigenvalue weighted by Crippen LogP contribution is -2.35. The molecule has 2 aromatic rings. The maximum atomic E-state index is 13.8. The molecular formula is C30H36NO2P. The fraction of sp³-hybridized carbons (Fsp3) is 0.467. The Kier molecular flexibility index (Phi) is 5.27. The van der Waals surface area contributed by atoms with Gasteiger partial charge in [-0.25, -0.2) is 4.90 Å². The summed E-state index contributed by atoms with van der Waals surface area (Å²) in [7, 11) is -0.680. The van der Waals surface area contributed by atoms with Crippen molar-refractivity contribution >= 4 is 30.7 Å². The van der Waals surface area contributed by atoms with Crippen molar-refractivity contribution in [2.24, 2.45) is 11.8 Å². The van der Waals surface area contributed by atoms with Gasteiger partial charge in [-0.05, 0) is 58.8 Å². The largest absolute Gasteiger partial charge is 0.274 e. The molecule has 5 rings (SSSR count). The summed E-state index contributed by atoms with van der Waals surface area (Å²) in [6, 6.07) is 14.2. The predicted octanol–water partition coefficient (Wildman–Crippen LogP) is 6.21. The third-order valence-corrected chi connectivity index (χ3v) is 11.4. The maximum absolute atomic E-state index is 13.8.